The molecule has 1 heterocycles. The van der Waals surface area contributed by atoms with Gasteiger partial charge in [0.15, 0.2) is 11.5 Å². The third-order valence-electron chi connectivity index (χ3n) is 2.36. The smallest absolute Gasteiger partial charge is 0.373 e. The molecule has 0 amide bonds. The van der Waals surface area contributed by atoms with Crippen molar-refractivity contribution in [3.8, 4) is 17.2 Å². The molecule has 1 N–H and O–H groups in total. The number of ketones is 2. The van der Waals surface area contributed by atoms with Crippen LogP contribution in [-0.4, -0.2) is 22.5 Å². The van der Waals surface area contributed by atoms with Crippen LogP contribution in [0.3, 0.4) is 0 Å². The van der Waals surface area contributed by atoms with Crippen molar-refractivity contribution in [1.29, 1.82) is 0 Å². The fraction of sp³-hybridized carbons (Fsp3) is 0.273. The summed E-state index contributed by atoms with van der Waals surface area (Å²) in [4.78, 5) is 22.9. The van der Waals surface area contributed by atoms with Gasteiger partial charge in [-0.15, -0.1) is 0 Å². The Morgan fingerprint density at radius 1 is 1.12 bits per heavy atom. The number of benzene rings is 1. The number of aromatic hydroxyl groups is 1. The Hall–Kier alpha value is -2.04. The third kappa shape index (κ3) is 1.32. The van der Waals surface area contributed by atoms with Crippen LogP contribution in [0.5, 0.6) is 17.2 Å². The second-order valence-electron chi connectivity index (χ2n) is 3.56. The fourth-order valence-electron chi connectivity index (χ4n) is 1.53. The van der Waals surface area contributed by atoms with E-state index in [9.17, 15) is 14.7 Å². The van der Waals surface area contributed by atoms with E-state index in [4.69, 9.17) is 9.47 Å². The van der Waals surface area contributed by atoms with Crippen molar-refractivity contribution in [3.05, 3.63) is 18.2 Å². The number of hydrogen-bond acceptors (Lipinski definition) is 5. The summed E-state index contributed by atoms with van der Waals surface area (Å²) >= 11 is 0. The lowest BCUT2D eigenvalue weighted by Gasteiger charge is -2.20. The van der Waals surface area contributed by atoms with Gasteiger partial charge in [0.25, 0.3) is 0 Å². The maximum atomic E-state index is 11.4. The van der Waals surface area contributed by atoms with Crippen molar-refractivity contribution in [2.24, 2.45) is 0 Å². The molecule has 1 aromatic rings. The lowest BCUT2D eigenvalue weighted by Crippen LogP contribution is -2.51. The number of Topliss-reactive ketones (excluding diaryl/α,β-unsaturated/α-hetero) is 2. The summed E-state index contributed by atoms with van der Waals surface area (Å²) in [5.41, 5.74) is 0. The van der Waals surface area contributed by atoms with Gasteiger partial charge in [0.1, 0.15) is 5.75 Å². The first-order valence-electron chi connectivity index (χ1n) is 4.69. The van der Waals surface area contributed by atoms with Crippen molar-refractivity contribution < 1.29 is 24.2 Å². The van der Waals surface area contributed by atoms with Crippen molar-refractivity contribution >= 4 is 11.6 Å². The first kappa shape index (κ1) is 10.5. The molecule has 0 saturated carbocycles. The van der Waals surface area contributed by atoms with Gasteiger partial charge in [-0.25, -0.2) is 0 Å². The van der Waals surface area contributed by atoms with Crippen molar-refractivity contribution in [2.45, 2.75) is 19.6 Å². The molecule has 5 nitrogen and oxygen atoms in total. The fourth-order valence-corrected chi connectivity index (χ4v) is 1.53. The molecule has 0 saturated heterocycles. The quantitative estimate of drug-likeness (QED) is 0.757. The van der Waals surface area contributed by atoms with E-state index in [-0.39, 0.29) is 17.2 Å². The normalized spacial score (nSPS) is 15.9. The van der Waals surface area contributed by atoms with Crippen molar-refractivity contribution in [1.82, 2.24) is 0 Å². The molecule has 84 valence electrons. The molecule has 0 aliphatic carbocycles. The molecule has 0 radical (unpaired) electrons. The number of ether oxygens (including phenoxy) is 2. The lowest BCUT2D eigenvalue weighted by atomic mass is 10.1. The van der Waals surface area contributed by atoms with Gasteiger partial charge in [-0.3, -0.25) is 9.59 Å². The molecule has 5 heteroatoms. The Morgan fingerprint density at radius 2 is 1.69 bits per heavy atom. The zero-order valence-corrected chi connectivity index (χ0v) is 8.81. The summed E-state index contributed by atoms with van der Waals surface area (Å²) in [6.45, 7) is 2.43. The highest BCUT2D eigenvalue weighted by Gasteiger charge is 2.51. The first-order chi connectivity index (χ1) is 7.45. The molecule has 0 bridgehead atoms. The third-order valence-corrected chi connectivity index (χ3v) is 2.36. The summed E-state index contributed by atoms with van der Waals surface area (Å²) < 4.78 is 10.5. The van der Waals surface area contributed by atoms with Crippen molar-refractivity contribution in [2.75, 3.05) is 0 Å². The molecule has 1 aliphatic heterocycles. The summed E-state index contributed by atoms with van der Waals surface area (Å²) in [7, 11) is 0. The predicted molar refractivity (Wildman–Crippen MR) is 53.5 cm³/mol. The minimum absolute atomic E-state index is 0.0229. The second kappa shape index (κ2) is 3.23. The van der Waals surface area contributed by atoms with Crippen LogP contribution in [0.25, 0.3) is 0 Å². The zero-order chi connectivity index (χ0) is 11.9. The predicted octanol–water partition coefficient (Wildman–Crippen LogP) is 1.04. The van der Waals surface area contributed by atoms with Crippen LogP contribution < -0.4 is 9.47 Å². The van der Waals surface area contributed by atoms with E-state index in [1.54, 1.807) is 0 Å². The topological polar surface area (TPSA) is 72.8 Å². The Balaban J connectivity index is 2.46. The molecular formula is C11H10O5. The van der Waals surface area contributed by atoms with Crippen LogP contribution in [0, 0.1) is 0 Å². The highest BCUT2D eigenvalue weighted by molar-refractivity contribution is 6.08. The van der Waals surface area contributed by atoms with Gasteiger partial charge in [0.2, 0.25) is 11.6 Å². The van der Waals surface area contributed by atoms with E-state index in [0.717, 1.165) is 0 Å². The SMILES string of the molecule is CC(=O)C1(C(C)=O)Oc2ccc(O)cc2O1. The molecule has 1 aliphatic rings. The molecule has 2 rings (SSSR count). The monoisotopic (exact) mass is 222 g/mol. The van der Waals surface area contributed by atoms with Crippen LogP contribution in [0.4, 0.5) is 0 Å². The number of phenols is 1. The van der Waals surface area contributed by atoms with Crippen LogP contribution in [0.1, 0.15) is 13.8 Å². The maximum Gasteiger partial charge on any atom is 0.373 e. The van der Waals surface area contributed by atoms with E-state index in [2.05, 4.69) is 0 Å². The Morgan fingerprint density at radius 3 is 2.25 bits per heavy atom. The summed E-state index contributed by atoms with van der Waals surface area (Å²) in [6, 6.07) is 4.12. The zero-order valence-electron chi connectivity index (χ0n) is 8.81. The summed E-state index contributed by atoms with van der Waals surface area (Å²) in [5, 5.41) is 9.24. The van der Waals surface area contributed by atoms with E-state index in [0.29, 0.717) is 0 Å². The van der Waals surface area contributed by atoms with Gasteiger partial charge in [-0.2, -0.15) is 0 Å². The second-order valence-corrected chi connectivity index (χ2v) is 3.56. The molecule has 0 fully saturated rings. The van der Waals surface area contributed by atoms with E-state index in [1.165, 1.54) is 32.0 Å². The number of carbonyl (C=O) groups is 2. The van der Waals surface area contributed by atoms with Gasteiger partial charge < -0.3 is 14.6 Å². The number of fused-ring (bicyclic) bond motifs is 1. The van der Waals surface area contributed by atoms with E-state index < -0.39 is 17.4 Å². The number of carbonyl (C=O) groups excluding carboxylic acids is 2. The maximum absolute atomic E-state index is 11.4. The van der Waals surface area contributed by atoms with Gasteiger partial charge in [0.05, 0.1) is 0 Å². The Labute approximate surface area is 91.6 Å². The molecule has 1 aromatic carbocycles. The van der Waals surface area contributed by atoms with Gasteiger partial charge in [-0.1, -0.05) is 0 Å². The number of rotatable bonds is 2. The molecular weight excluding hydrogens is 212 g/mol. The Bertz CT molecular complexity index is 463. The molecule has 16 heavy (non-hydrogen) atoms. The largest absolute Gasteiger partial charge is 0.508 e. The minimum Gasteiger partial charge on any atom is -0.508 e. The minimum atomic E-state index is -1.89. The van der Waals surface area contributed by atoms with E-state index >= 15 is 0 Å². The number of phenolic OH excluding ortho intramolecular Hbond substituents is 1. The summed E-state index contributed by atoms with van der Waals surface area (Å²) in [5.74, 6) is -2.53. The summed E-state index contributed by atoms with van der Waals surface area (Å²) in [6.07, 6.45) is 0. The van der Waals surface area contributed by atoms with Gasteiger partial charge >= 0.3 is 5.79 Å². The average Bonchev–Trinajstić information content (AvgIpc) is 2.57. The average molecular weight is 222 g/mol. The lowest BCUT2D eigenvalue weighted by molar-refractivity contribution is -0.165. The highest BCUT2D eigenvalue weighted by Crippen LogP contribution is 2.41. The standard InChI is InChI=1S/C11H10O5/c1-6(12)11(7(2)13)15-9-4-3-8(14)5-10(9)16-11/h3-5,14H,1-2H3. The van der Waals surface area contributed by atoms with Crippen LogP contribution in [0.2, 0.25) is 0 Å². The van der Waals surface area contributed by atoms with Gasteiger partial charge in [0, 0.05) is 19.9 Å². The highest BCUT2D eigenvalue weighted by atomic mass is 16.7. The van der Waals surface area contributed by atoms with E-state index in [1.807, 2.05) is 0 Å². The molecule has 0 unspecified atom stereocenters. The van der Waals surface area contributed by atoms with Gasteiger partial charge in [-0.05, 0) is 12.1 Å². The molecule has 0 atom stereocenters. The van der Waals surface area contributed by atoms with Crippen molar-refractivity contribution in [3.63, 3.8) is 0 Å². The number of hydrogen-bond donors (Lipinski definition) is 1. The van der Waals surface area contributed by atoms with Crippen LogP contribution in [0.15, 0.2) is 18.2 Å². The molecule has 0 spiro atoms. The molecule has 0 aromatic heterocycles. The first-order valence-corrected chi connectivity index (χ1v) is 4.69. The van der Waals surface area contributed by atoms with Crippen LogP contribution in [-0.2, 0) is 9.59 Å². The Kier molecular flexibility index (Phi) is 2.11. The van der Waals surface area contributed by atoms with Crippen LogP contribution >= 0.6 is 0 Å².